The first-order valence-corrected chi connectivity index (χ1v) is 7.03. The van der Waals surface area contributed by atoms with Crippen LogP contribution in [-0.4, -0.2) is 49.2 Å². The maximum atomic E-state index is 10.9. The molecule has 1 aromatic heterocycles. The lowest BCUT2D eigenvalue weighted by Gasteiger charge is -2.19. The van der Waals surface area contributed by atoms with E-state index in [1.807, 2.05) is 5.38 Å². The highest BCUT2D eigenvalue weighted by atomic mass is 32.1. The van der Waals surface area contributed by atoms with Crippen LogP contribution in [0.2, 0.25) is 0 Å². The second-order valence-electron chi connectivity index (χ2n) is 4.30. The van der Waals surface area contributed by atoms with Gasteiger partial charge in [-0.1, -0.05) is 11.3 Å². The molecule has 1 aromatic rings. The van der Waals surface area contributed by atoms with Gasteiger partial charge in [0.05, 0.1) is 0 Å². The van der Waals surface area contributed by atoms with Crippen LogP contribution in [0.25, 0.3) is 0 Å². The molecule has 2 rings (SSSR count). The molecule has 0 amide bonds. The number of nitrogens with zero attached hydrogens (tertiary/aromatic N) is 1. The zero-order valence-corrected chi connectivity index (χ0v) is 10.8. The second kappa shape index (κ2) is 6.90. The van der Waals surface area contributed by atoms with E-state index in [-0.39, 0.29) is 4.87 Å². The molecule has 2 heterocycles. The van der Waals surface area contributed by atoms with E-state index in [2.05, 4.69) is 20.5 Å². The second-order valence-corrected chi connectivity index (χ2v) is 5.14. The number of rotatable bonds is 5. The zero-order valence-electron chi connectivity index (χ0n) is 10.00. The lowest BCUT2D eigenvalue weighted by molar-refractivity contribution is 0.291. The summed E-state index contributed by atoms with van der Waals surface area (Å²) in [6, 6.07) is 0. The first kappa shape index (κ1) is 12.8. The van der Waals surface area contributed by atoms with Crippen LogP contribution < -0.4 is 15.5 Å². The van der Waals surface area contributed by atoms with Gasteiger partial charge in [-0.3, -0.25) is 4.79 Å². The summed E-state index contributed by atoms with van der Waals surface area (Å²) in [6.45, 7) is 7.36. The summed E-state index contributed by atoms with van der Waals surface area (Å²) < 4.78 is 0. The summed E-state index contributed by atoms with van der Waals surface area (Å²) in [7, 11) is 0. The van der Waals surface area contributed by atoms with E-state index in [4.69, 9.17) is 0 Å². The first-order valence-electron chi connectivity index (χ1n) is 6.15. The average Bonchev–Trinajstić information content (AvgIpc) is 2.59. The van der Waals surface area contributed by atoms with Crippen molar-refractivity contribution in [3.63, 3.8) is 0 Å². The minimum absolute atomic E-state index is 0.0281. The SMILES string of the molecule is O=c1[nH]c(CNCCN2CCCNCC2)cs1. The quantitative estimate of drug-likeness (QED) is 0.640. The summed E-state index contributed by atoms with van der Waals surface area (Å²) in [6.07, 6.45) is 1.23. The van der Waals surface area contributed by atoms with Gasteiger partial charge in [0.1, 0.15) is 0 Å². The van der Waals surface area contributed by atoms with Gasteiger partial charge in [-0.15, -0.1) is 0 Å². The van der Waals surface area contributed by atoms with Gasteiger partial charge in [0, 0.05) is 43.8 Å². The predicted octanol–water partition coefficient (Wildman–Crippen LogP) is -0.179. The molecule has 0 atom stereocenters. The molecule has 0 aromatic carbocycles. The van der Waals surface area contributed by atoms with Crippen LogP contribution in [0.1, 0.15) is 12.1 Å². The zero-order chi connectivity index (χ0) is 11.9. The van der Waals surface area contributed by atoms with Crippen LogP contribution >= 0.6 is 11.3 Å². The summed E-state index contributed by atoms with van der Waals surface area (Å²) in [5.74, 6) is 0. The van der Waals surface area contributed by atoms with Crippen molar-refractivity contribution in [3.8, 4) is 0 Å². The van der Waals surface area contributed by atoms with E-state index < -0.39 is 0 Å². The maximum Gasteiger partial charge on any atom is 0.304 e. The molecule has 0 unspecified atom stereocenters. The monoisotopic (exact) mass is 256 g/mol. The van der Waals surface area contributed by atoms with E-state index in [9.17, 15) is 4.79 Å². The number of nitrogens with one attached hydrogen (secondary N) is 3. The Hall–Kier alpha value is -0.690. The van der Waals surface area contributed by atoms with Gasteiger partial charge in [0.2, 0.25) is 0 Å². The average molecular weight is 256 g/mol. The Kier molecular flexibility index (Phi) is 5.18. The molecule has 0 aliphatic carbocycles. The van der Waals surface area contributed by atoms with Crippen molar-refractivity contribution < 1.29 is 0 Å². The lowest BCUT2D eigenvalue weighted by atomic mass is 10.4. The Morgan fingerprint density at radius 3 is 3.18 bits per heavy atom. The van der Waals surface area contributed by atoms with E-state index in [1.165, 1.54) is 24.3 Å². The number of hydrogen-bond donors (Lipinski definition) is 3. The van der Waals surface area contributed by atoms with Crippen molar-refractivity contribution >= 4 is 11.3 Å². The topological polar surface area (TPSA) is 60.2 Å². The smallest absolute Gasteiger partial charge is 0.304 e. The first-order chi connectivity index (χ1) is 8.34. The molecule has 1 fully saturated rings. The molecule has 1 aliphatic heterocycles. The van der Waals surface area contributed by atoms with Gasteiger partial charge in [-0.2, -0.15) is 0 Å². The molecule has 17 heavy (non-hydrogen) atoms. The largest absolute Gasteiger partial charge is 0.315 e. The highest BCUT2D eigenvalue weighted by Crippen LogP contribution is 1.96. The van der Waals surface area contributed by atoms with Crippen molar-refractivity contribution in [1.29, 1.82) is 0 Å². The minimum atomic E-state index is 0.0281. The Morgan fingerprint density at radius 1 is 1.41 bits per heavy atom. The number of H-pyrrole nitrogens is 1. The van der Waals surface area contributed by atoms with Crippen LogP contribution in [0.4, 0.5) is 0 Å². The molecular formula is C11H20N4OS. The Labute approximate surface area is 105 Å². The third-order valence-corrected chi connectivity index (χ3v) is 3.64. The molecule has 0 radical (unpaired) electrons. The summed E-state index contributed by atoms with van der Waals surface area (Å²) in [4.78, 5) is 16.2. The van der Waals surface area contributed by atoms with Gasteiger partial charge in [0.25, 0.3) is 0 Å². The fourth-order valence-corrected chi connectivity index (χ4v) is 2.57. The number of aromatic amines is 1. The fourth-order valence-electron chi connectivity index (χ4n) is 1.99. The molecule has 96 valence electrons. The third-order valence-electron chi connectivity index (χ3n) is 2.92. The molecular weight excluding hydrogens is 236 g/mol. The van der Waals surface area contributed by atoms with Gasteiger partial charge >= 0.3 is 4.87 Å². The third kappa shape index (κ3) is 4.59. The highest BCUT2D eigenvalue weighted by Gasteiger charge is 2.07. The van der Waals surface area contributed by atoms with E-state index in [0.717, 1.165) is 45.0 Å². The number of aromatic nitrogens is 1. The van der Waals surface area contributed by atoms with Crippen molar-refractivity contribution in [1.82, 2.24) is 20.5 Å². The van der Waals surface area contributed by atoms with Crippen LogP contribution in [-0.2, 0) is 6.54 Å². The molecule has 1 aliphatic rings. The molecule has 6 heteroatoms. The fraction of sp³-hybridized carbons (Fsp3) is 0.727. The summed E-state index contributed by atoms with van der Waals surface area (Å²) in [5.41, 5.74) is 0.984. The predicted molar refractivity (Wildman–Crippen MR) is 70.6 cm³/mol. The lowest BCUT2D eigenvalue weighted by Crippen LogP contribution is -2.34. The van der Waals surface area contributed by atoms with Crippen LogP contribution in [0.3, 0.4) is 0 Å². The molecule has 0 bridgehead atoms. The Balaban J connectivity index is 1.60. The van der Waals surface area contributed by atoms with Gasteiger partial charge < -0.3 is 20.5 Å². The minimum Gasteiger partial charge on any atom is -0.315 e. The standard InChI is InChI=1S/C11H20N4OS/c16-11-14-10(9-17-11)8-13-4-7-15-5-1-2-12-3-6-15/h9,12-13H,1-8H2,(H,14,16). The molecule has 0 saturated carbocycles. The van der Waals surface area contributed by atoms with Crippen LogP contribution in [0.15, 0.2) is 10.2 Å². The molecule has 5 nitrogen and oxygen atoms in total. The number of hydrogen-bond acceptors (Lipinski definition) is 5. The number of thiazole rings is 1. The van der Waals surface area contributed by atoms with Crippen molar-refractivity contribution in [2.24, 2.45) is 0 Å². The van der Waals surface area contributed by atoms with Crippen LogP contribution in [0, 0.1) is 0 Å². The normalized spacial score (nSPS) is 18.1. The Bertz CT molecular complexity index is 368. The molecule has 3 N–H and O–H groups in total. The van der Waals surface area contributed by atoms with Crippen molar-refractivity contribution in [2.75, 3.05) is 39.3 Å². The van der Waals surface area contributed by atoms with Gasteiger partial charge in [-0.25, -0.2) is 0 Å². The highest BCUT2D eigenvalue weighted by molar-refractivity contribution is 7.07. The van der Waals surface area contributed by atoms with E-state index >= 15 is 0 Å². The van der Waals surface area contributed by atoms with Crippen molar-refractivity contribution in [2.45, 2.75) is 13.0 Å². The van der Waals surface area contributed by atoms with Crippen molar-refractivity contribution in [3.05, 3.63) is 20.7 Å². The Morgan fingerprint density at radius 2 is 2.35 bits per heavy atom. The van der Waals surface area contributed by atoms with E-state index in [1.54, 1.807) is 0 Å². The summed E-state index contributed by atoms with van der Waals surface area (Å²) in [5, 5.41) is 8.63. The van der Waals surface area contributed by atoms with Gasteiger partial charge in [0.15, 0.2) is 0 Å². The maximum absolute atomic E-state index is 10.9. The molecule has 1 saturated heterocycles. The van der Waals surface area contributed by atoms with Crippen LogP contribution in [0.5, 0.6) is 0 Å². The van der Waals surface area contributed by atoms with Gasteiger partial charge in [-0.05, 0) is 19.5 Å². The van der Waals surface area contributed by atoms with E-state index in [0.29, 0.717) is 0 Å². The molecule has 0 spiro atoms. The summed E-state index contributed by atoms with van der Waals surface area (Å²) >= 11 is 1.22.